The predicted octanol–water partition coefficient (Wildman–Crippen LogP) is 2.79. The van der Waals surface area contributed by atoms with E-state index in [0.29, 0.717) is 10.6 Å². The van der Waals surface area contributed by atoms with Crippen LogP contribution in [0.15, 0.2) is 18.2 Å². The summed E-state index contributed by atoms with van der Waals surface area (Å²) in [7, 11) is 0. The molecule has 2 unspecified atom stereocenters. The average molecular weight is 303 g/mol. The molecule has 112 valence electrons. The van der Waals surface area contributed by atoms with Crippen molar-refractivity contribution in [3.8, 4) is 0 Å². The first kappa shape index (κ1) is 14.4. The monoisotopic (exact) mass is 303 g/mol. The summed E-state index contributed by atoms with van der Waals surface area (Å²) in [4.78, 5) is 13.1. The molecule has 4 nitrogen and oxygen atoms in total. The molecule has 1 aromatic heterocycles. The lowest BCUT2D eigenvalue weighted by Crippen LogP contribution is -2.49. The second kappa shape index (κ2) is 5.66. The van der Waals surface area contributed by atoms with Crippen molar-refractivity contribution in [2.24, 2.45) is 5.73 Å². The Labute approximate surface area is 128 Å². The molecule has 1 amide bonds. The van der Waals surface area contributed by atoms with Crippen LogP contribution in [0.3, 0.4) is 0 Å². The van der Waals surface area contributed by atoms with Gasteiger partial charge in [0, 0.05) is 22.2 Å². The Morgan fingerprint density at radius 1 is 1.33 bits per heavy atom. The Balaban J connectivity index is 1.86. The van der Waals surface area contributed by atoms with E-state index in [-0.39, 0.29) is 18.0 Å². The van der Waals surface area contributed by atoms with Crippen molar-refractivity contribution in [3.05, 3.63) is 28.6 Å². The number of anilines is 1. The van der Waals surface area contributed by atoms with E-state index in [1.165, 1.54) is 11.3 Å². The number of amides is 1. The van der Waals surface area contributed by atoms with Crippen LogP contribution < -0.4 is 16.8 Å². The molecule has 2 atom stereocenters. The van der Waals surface area contributed by atoms with Gasteiger partial charge in [-0.25, -0.2) is 0 Å². The molecule has 1 saturated carbocycles. The molecule has 21 heavy (non-hydrogen) atoms. The average Bonchev–Trinajstić information content (AvgIpc) is 2.79. The molecule has 3 rings (SSSR count). The lowest BCUT2D eigenvalue weighted by Gasteiger charge is -2.29. The van der Waals surface area contributed by atoms with E-state index < -0.39 is 0 Å². The van der Waals surface area contributed by atoms with E-state index in [4.69, 9.17) is 11.5 Å². The van der Waals surface area contributed by atoms with Gasteiger partial charge in [-0.05, 0) is 31.9 Å². The molecule has 1 fully saturated rings. The number of aryl methyl sites for hydroxylation is 1. The molecule has 1 heterocycles. The first-order chi connectivity index (χ1) is 10.1. The minimum Gasteiger partial charge on any atom is -0.397 e. The van der Waals surface area contributed by atoms with E-state index in [0.717, 1.165) is 41.3 Å². The van der Waals surface area contributed by atoms with Crippen LogP contribution in [0.25, 0.3) is 10.1 Å². The highest BCUT2D eigenvalue weighted by molar-refractivity contribution is 7.21. The van der Waals surface area contributed by atoms with Crippen LogP contribution in [0.4, 0.5) is 5.69 Å². The number of thiophene rings is 1. The number of carbonyl (C=O) groups is 1. The smallest absolute Gasteiger partial charge is 0.263 e. The zero-order valence-electron chi connectivity index (χ0n) is 12.2. The third-order valence-electron chi connectivity index (χ3n) is 4.22. The molecular formula is C16H21N3OS. The Hall–Kier alpha value is -1.59. The van der Waals surface area contributed by atoms with Gasteiger partial charge in [0.05, 0.1) is 5.69 Å². The zero-order valence-corrected chi connectivity index (χ0v) is 13.0. The first-order valence-corrected chi connectivity index (χ1v) is 8.23. The third-order valence-corrected chi connectivity index (χ3v) is 5.41. The van der Waals surface area contributed by atoms with Gasteiger partial charge in [-0.1, -0.05) is 24.5 Å². The molecule has 1 aliphatic carbocycles. The maximum absolute atomic E-state index is 12.5. The van der Waals surface area contributed by atoms with E-state index in [1.807, 2.05) is 25.1 Å². The Bertz CT molecular complexity index is 679. The van der Waals surface area contributed by atoms with Gasteiger partial charge >= 0.3 is 0 Å². The van der Waals surface area contributed by atoms with Gasteiger partial charge in [-0.2, -0.15) is 0 Å². The van der Waals surface area contributed by atoms with Crippen LogP contribution in [0.2, 0.25) is 0 Å². The molecule has 0 bridgehead atoms. The fourth-order valence-electron chi connectivity index (χ4n) is 2.97. The van der Waals surface area contributed by atoms with Gasteiger partial charge in [0.1, 0.15) is 4.88 Å². The quantitative estimate of drug-likeness (QED) is 0.798. The number of nitrogen functional groups attached to an aromatic ring is 1. The minimum atomic E-state index is -0.0892. The highest BCUT2D eigenvalue weighted by Gasteiger charge is 2.25. The van der Waals surface area contributed by atoms with Gasteiger partial charge < -0.3 is 16.8 Å². The van der Waals surface area contributed by atoms with Crippen molar-refractivity contribution in [3.63, 3.8) is 0 Å². The maximum Gasteiger partial charge on any atom is 0.263 e. The lowest BCUT2D eigenvalue weighted by atomic mass is 9.91. The fraction of sp³-hybridized carbons (Fsp3) is 0.438. The number of nitrogens with two attached hydrogens (primary N) is 2. The second-order valence-corrected chi connectivity index (χ2v) is 6.92. The number of carbonyl (C=O) groups excluding carboxylic acids is 1. The molecule has 1 aromatic carbocycles. The Kier molecular flexibility index (Phi) is 3.87. The Morgan fingerprint density at radius 2 is 2.10 bits per heavy atom. The van der Waals surface area contributed by atoms with Crippen molar-refractivity contribution in [1.29, 1.82) is 0 Å². The number of rotatable bonds is 2. The summed E-state index contributed by atoms with van der Waals surface area (Å²) in [6.07, 6.45) is 4.21. The molecular weight excluding hydrogens is 282 g/mol. The van der Waals surface area contributed by atoms with Crippen molar-refractivity contribution >= 4 is 33.0 Å². The topological polar surface area (TPSA) is 81.1 Å². The van der Waals surface area contributed by atoms with Crippen molar-refractivity contribution in [1.82, 2.24) is 5.32 Å². The van der Waals surface area contributed by atoms with Gasteiger partial charge in [0.25, 0.3) is 5.91 Å². The molecule has 1 aliphatic rings. The van der Waals surface area contributed by atoms with Gasteiger partial charge in [0.15, 0.2) is 0 Å². The minimum absolute atomic E-state index is 0.0561. The van der Waals surface area contributed by atoms with Gasteiger partial charge in [-0.3, -0.25) is 4.79 Å². The van der Waals surface area contributed by atoms with Crippen LogP contribution >= 0.6 is 11.3 Å². The molecule has 0 spiro atoms. The zero-order chi connectivity index (χ0) is 15.0. The molecule has 0 saturated heterocycles. The molecule has 0 radical (unpaired) electrons. The van der Waals surface area contributed by atoms with E-state index in [9.17, 15) is 4.79 Å². The van der Waals surface area contributed by atoms with E-state index in [2.05, 4.69) is 5.32 Å². The normalized spacial score (nSPS) is 22.4. The number of hydrogen-bond donors (Lipinski definition) is 3. The van der Waals surface area contributed by atoms with Crippen molar-refractivity contribution < 1.29 is 4.79 Å². The van der Waals surface area contributed by atoms with E-state index >= 15 is 0 Å². The van der Waals surface area contributed by atoms with Crippen molar-refractivity contribution in [2.45, 2.75) is 44.7 Å². The van der Waals surface area contributed by atoms with Crippen LogP contribution in [-0.2, 0) is 0 Å². The number of benzene rings is 1. The summed E-state index contributed by atoms with van der Waals surface area (Å²) in [5, 5.41) is 4.04. The van der Waals surface area contributed by atoms with Gasteiger partial charge in [-0.15, -0.1) is 11.3 Å². The maximum atomic E-state index is 12.5. The highest BCUT2D eigenvalue weighted by Crippen LogP contribution is 2.34. The highest BCUT2D eigenvalue weighted by atomic mass is 32.1. The first-order valence-electron chi connectivity index (χ1n) is 7.41. The molecule has 5 heteroatoms. The number of hydrogen-bond acceptors (Lipinski definition) is 4. The lowest BCUT2D eigenvalue weighted by molar-refractivity contribution is 0.0926. The number of nitrogens with one attached hydrogen (secondary N) is 1. The van der Waals surface area contributed by atoms with Gasteiger partial charge in [0.2, 0.25) is 0 Å². The summed E-state index contributed by atoms with van der Waals surface area (Å²) < 4.78 is 1.05. The molecule has 0 aliphatic heterocycles. The standard InChI is InChI=1S/C16H21N3OS/c1-9-6-7-13-10(8-9)14(18)15(21-13)16(20)19-12-5-3-2-4-11(12)17/h6-8,11-12H,2-5,17-18H2,1H3,(H,19,20). The SMILES string of the molecule is Cc1ccc2sc(C(=O)NC3CCCCC3N)c(N)c2c1. The largest absolute Gasteiger partial charge is 0.397 e. The fourth-order valence-corrected chi connectivity index (χ4v) is 3.98. The molecule has 2 aromatic rings. The van der Waals surface area contributed by atoms with Crippen LogP contribution in [-0.4, -0.2) is 18.0 Å². The summed E-state index contributed by atoms with van der Waals surface area (Å²) in [6, 6.07) is 6.22. The molecule has 5 N–H and O–H groups in total. The second-order valence-electron chi connectivity index (χ2n) is 5.87. The summed E-state index contributed by atoms with van der Waals surface area (Å²) >= 11 is 1.45. The summed E-state index contributed by atoms with van der Waals surface area (Å²) in [5.41, 5.74) is 14.0. The summed E-state index contributed by atoms with van der Waals surface area (Å²) in [5.74, 6) is -0.0892. The summed E-state index contributed by atoms with van der Waals surface area (Å²) in [6.45, 7) is 2.03. The predicted molar refractivity (Wildman–Crippen MR) is 88.7 cm³/mol. The van der Waals surface area contributed by atoms with E-state index in [1.54, 1.807) is 0 Å². The van der Waals surface area contributed by atoms with Crippen LogP contribution in [0.5, 0.6) is 0 Å². The third kappa shape index (κ3) is 2.76. The van der Waals surface area contributed by atoms with Crippen molar-refractivity contribution in [2.75, 3.05) is 5.73 Å². The van der Waals surface area contributed by atoms with Crippen LogP contribution in [0.1, 0.15) is 40.9 Å². The Morgan fingerprint density at radius 3 is 2.86 bits per heavy atom. The van der Waals surface area contributed by atoms with Crippen LogP contribution in [0, 0.1) is 6.92 Å². The number of fused-ring (bicyclic) bond motifs is 1.